The predicted octanol–water partition coefficient (Wildman–Crippen LogP) is 2.41. The van der Waals surface area contributed by atoms with Crippen LogP contribution in [0.15, 0.2) is 41.3 Å². The second-order valence-corrected chi connectivity index (χ2v) is 4.37. The molecule has 4 heteroatoms. The SMILES string of the molecule is CCc1ccc(-n2ccc(C)c(C(=O)O)c2=O)cc1. The molecule has 0 amide bonds. The quantitative estimate of drug-likeness (QED) is 0.918. The topological polar surface area (TPSA) is 59.3 Å². The minimum Gasteiger partial charge on any atom is -0.477 e. The smallest absolute Gasteiger partial charge is 0.341 e. The van der Waals surface area contributed by atoms with Gasteiger partial charge in [0.15, 0.2) is 0 Å². The molecule has 0 aliphatic rings. The number of nitrogens with zero attached hydrogens (tertiary/aromatic N) is 1. The number of aromatic carboxylic acids is 1. The van der Waals surface area contributed by atoms with Gasteiger partial charge in [0, 0.05) is 11.9 Å². The molecule has 0 atom stereocenters. The van der Waals surface area contributed by atoms with Crippen molar-refractivity contribution in [2.75, 3.05) is 0 Å². The van der Waals surface area contributed by atoms with Gasteiger partial charge in [-0.1, -0.05) is 19.1 Å². The van der Waals surface area contributed by atoms with E-state index in [4.69, 9.17) is 5.11 Å². The molecule has 0 radical (unpaired) electrons. The van der Waals surface area contributed by atoms with E-state index in [-0.39, 0.29) is 5.56 Å². The maximum Gasteiger partial charge on any atom is 0.341 e. The van der Waals surface area contributed by atoms with Gasteiger partial charge >= 0.3 is 5.97 Å². The molecule has 0 saturated heterocycles. The fourth-order valence-corrected chi connectivity index (χ4v) is 1.98. The molecule has 98 valence electrons. The number of hydrogen-bond acceptors (Lipinski definition) is 2. The van der Waals surface area contributed by atoms with Gasteiger partial charge in [-0.25, -0.2) is 4.79 Å². The highest BCUT2D eigenvalue weighted by molar-refractivity contribution is 5.88. The van der Waals surface area contributed by atoms with Gasteiger partial charge in [0.05, 0.1) is 0 Å². The van der Waals surface area contributed by atoms with E-state index in [1.54, 1.807) is 19.2 Å². The summed E-state index contributed by atoms with van der Waals surface area (Å²) in [6.07, 6.45) is 2.52. The molecule has 0 saturated carbocycles. The lowest BCUT2D eigenvalue weighted by molar-refractivity contribution is 0.0694. The van der Waals surface area contributed by atoms with Gasteiger partial charge in [0.25, 0.3) is 5.56 Å². The maximum atomic E-state index is 12.2. The first-order valence-corrected chi connectivity index (χ1v) is 6.09. The third-order valence-corrected chi connectivity index (χ3v) is 3.14. The second-order valence-electron chi connectivity index (χ2n) is 4.37. The van der Waals surface area contributed by atoms with Crippen LogP contribution in [0.1, 0.15) is 28.4 Å². The minimum atomic E-state index is -1.19. The van der Waals surface area contributed by atoms with Crippen LogP contribution in [0.3, 0.4) is 0 Å². The highest BCUT2D eigenvalue weighted by Crippen LogP contribution is 2.10. The Morgan fingerprint density at radius 3 is 2.37 bits per heavy atom. The first-order valence-electron chi connectivity index (χ1n) is 6.09. The number of carboxylic acids is 1. The van der Waals surface area contributed by atoms with Crippen LogP contribution in [-0.2, 0) is 6.42 Å². The molecule has 0 aliphatic carbocycles. The van der Waals surface area contributed by atoms with Gasteiger partial charge in [-0.2, -0.15) is 0 Å². The summed E-state index contributed by atoms with van der Waals surface area (Å²) < 4.78 is 1.36. The zero-order valence-corrected chi connectivity index (χ0v) is 10.9. The van der Waals surface area contributed by atoms with Crippen molar-refractivity contribution in [2.24, 2.45) is 0 Å². The van der Waals surface area contributed by atoms with Crippen LogP contribution < -0.4 is 5.56 Å². The van der Waals surface area contributed by atoms with Crippen LogP contribution in [0.2, 0.25) is 0 Å². The van der Waals surface area contributed by atoms with E-state index >= 15 is 0 Å². The Balaban J connectivity index is 2.59. The average Bonchev–Trinajstić information content (AvgIpc) is 2.39. The Kier molecular flexibility index (Phi) is 3.51. The van der Waals surface area contributed by atoms with Gasteiger partial charge in [-0.3, -0.25) is 9.36 Å². The van der Waals surface area contributed by atoms with Gasteiger partial charge in [0.2, 0.25) is 0 Å². The van der Waals surface area contributed by atoms with Crippen LogP contribution >= 0.6 is 0 Å². The van der Waals surface area contributed by atoms with Crippen molar-refractivity contribution in [1.29, 1.82) is 0 Å². The molecule has 0 spiro atoms. The fraction of sp³-hybridized carbons (Fsp3) is 0.200. The third-order valence-electron chi connectivity index (χ3n) is 3.14. The van der Waals surface area contributed by atoms with E-state index in [1.807, 2.05) is 24.3 Å². The van der Waals surface area contributed by atoms with Crippen molar-refractivity contribution in [3.8, 4) is 5.69 Å². The highest BCUT2D eigenvalue weighted by Gasteiger charge is 2.14. The Morgan fingerprint density at radius 2 is 1.84 bits per heavy atom. The second kappa shape index (κ2) is 5.10. The van der Waals surface area contributed by atoms with Gasteiger partial charge in [0.1, 0.15) is 5.56 Å². The van der Waals surface area contributed by atoms with E-state index in [0.717, 1.165) is 6.42 Å². The van der Waals surface area contributed by atoms with E-state index in [1.165, 1.54) is 10.1 Å². The molecule has 0 fully saturated rings. The van der Waals surface area contributed by atoms with Gasteiger partial charge in [-0.15, -0.1) is 0 Å². The van der Waals surface area contributed by atoms with Crippen LogP contribution in [0.25, 0.3) is 5.69 Å². The van der Waals surface area contributed by atoms with Crippen molar-refractivity contribution < 1.29 is 9.90 Å². The lowest BCUT2D eigenvalue weighted by Gasteiger charge is -2.09. The normalized spacial score (nSPS) is 10.4. The molecule has 2 rings (SSSR count). The Hall–Kier alpha value is -2.36. The molecule has 4 nitrogen and oxygen atoms in total. The van der Waals surface area contributed by atoms with Crippen molar-refractivity contribution >= 4 is 5.97 Å². The Bertz CT molecular complexity index is 669. The number of pyridine rings is 1. The lowest BCUT2D eigenvalue weighted by atomic mass is 10.1. The number of rotatable bonds is 3. The maximum absolute atomic E-state index is 12.2. The molecule has 1 N–H and O–H groups in total. The number of carboxylic acid groups (broad SMARTS) is 1. The molecule has 0 unspecified atom stereocenters. The fourth-order valence-electron chi connectivity index (χ4n) is 1.98. The van der Waals surface area contributed by atoms with Crippen LogP contribution in [0.4, 0.5) is 0 Å². The summed E-state index contributed by atoms with van der Waals surface area (Å²) in [5.41, 5.74) is 1.63. The zero-order chi connectivity index (χ0) is 14.0. The third kappa shape index (κ3) is 2.42. The molecule has 2 aromatic rings. The number of benzene rings is 1. The summed E-state index contributed by atoms with van der Waals surface area (Å²) in [4.78, 5) is 23.3. The number of hydrogen-bond donors (Lipinski definition) is 1. The molecule has 1 heterocycles. The predicted molar refractivity (Wildman–Crippen MR) is 73.1 cm³/mol. The molecule has 0 bridgehead atoms. The van der Waals surface area contributed by atoms with Crippen LogP contribution in [0.5, 0.6) is 0 Å². The van der Waals surface area contributed by atoms with Crippen LogP contribution in [0, 0.1) is 6.92 Å². The zero-order valence-electron chi connectivity index (χ0n) is 10.9. The summed E-state index contributed by atoms with van der Waals surface area (Å²) in [6, 6.07) is 9.14. The number of aryl methyl sites for hydroxylation is 2. The summed E-state index contributed by atoms with van der Waals surface area (Å²) in [7, 11) is 0. The minimum absolute atomic E-state index is 0.179. The molecule has 0 aliphatic heterocycles. The Morgan fingerprint density at radius 1 is 1.21 bits per heavy atom. The highest BCUT2D eigenvalue weighted by atomic mass is 16.4. The monoisotopic (exact) mass is 257 g/mol. The first kappa shape index (κ1) is 13.1. The number of aromatic nitrogens is 1. The van der Waals surface area contributed by atoms with Crippen molar-refractivity contribution in [2.45, 2.75) is 20.3 Å². The van der Waals surface area contributed by atoms with Crippen molar-refractivity contribution in [1.82, 2.24) is 4.57 Å². The Labute approximate surface area is 110 Å². The van der Waals surface area contributed by atoms with E-state index in [2.05, 4.69) is 6.92 Å². The molecule has 19 heavy (non-hydrogen) atoms. The van der Waals surface area contributed by atoms with E-state index in [9.17, 15) is 9.59 Å². The van der Waals surface area contributed by atoms with Crippen LogP contribution in [-0.4, -0.2) is 15.6 Å². The van der Waals surface area contributed by atoms with Gasteiger partial charge < -0.3 is 5.11 Å². The number of carbonyl (C=O) groups is 1. The summed E-state index contributed by atoms with van der Waals surface area (Å²) in [5.74, 6) is -1.19. The van der Waals surface area contributed by atoms with Crippen molar-refractivity contribution in [3.05, 3.63) is 63.6 Å². The molecular formula is C15H15NO3. The molecule has 1 aromatic carbocycles. The summed E-state index contributed by atoms with van der Waals surface area (Å²) >= 11 is 0. The first-order chi connectivity index (χ1) is 9.04. The summed E-state index contributed by atoms with van der Waals surface area (Å²) in [5, 5.41) is 9.09. The van der Waals surface area contributed by atoms with Crippen molar-refractivity contribution in [3.63, 3.8) is 0 Å². The average molecular weight is 257 g/mol. The largest absolute Gasteiger partial charge is 0.477 e. The lowest BCUT2D eigenvalue weighted by Crippen LogP contribution is -2.26. The van der Waals surface area contributed by atoms with Gasteiger partial charge in [-0.05, 0) is 42.7 Å². The van der Waals surface area contributed by atoms with E-state index < -0.39 is 11.5 Å². The molecular weight excluding hydrogens is 242 g/mol. The van der Waals surface area contributed by atoms with E-state index in [0.29, 0.717) is 11.3 Å². The molecule has 1 aromatic heterocycles. The summed E-state index contributed by atoms with van der Waals surface area (Å²) in [6.45, 7) is 3.67. The standard InChI is InChI=1S/C15H15NO3/c1-3-11-4-6-12(7-5-11)16-9-8-10(2)13(14(16)17)15(18)19/h4-9H,3H2,1-2H3,(H,18,19).